The number of hydrogen-bond donors (Lipinski definition) is 1. The van der Waals surface area contributed by atoms with Crippen LogP contribution < -0.4 is 10.2 Å². The van der Waals surface area contributed by atoms with Gasteiger partial charge in [-0.15, -0.1) is 0 Å². The highest BCUT2D eigenvalue weighted by atomic mass is 79.9. The number of rotatable bonds is 6. The van der Waals surface area contributed by atoms with Gasteiger partial charge >= 0.3 is 0 Å². The van der Waals surface area contributed by atoms with E-state index in [-0.39, 0.29) is 11.6 Å². The molecule has 2 aromatic carbocycles. The summed E-state index contributed by atoms with van der Waals surface area (Å²) in [5.74, 6) is -0.232. The van der Waals surface area contributed by atoms with Crippen molar-refractivity contribution >= 4 is 27.4 Å². The van der Waals surface area contributed by atoms with E-state index in [1.54, 1.807) is 25.2 Å². The zero-order valence-corrected chi connectivity index (χ0v) is 14.7. The molecule has 1 N–H and O–H groups in total. The molecule has 5 nitrogen and oxygen atoms in total. The second kappa shape index (κ2) is 7.90. The summed E-state index contributed by atoms with van der Waals surface area (Å²) in [5.41, 5.74) is 3.80. The van der Waals surface area contributed by atoms with Crippen LogP contribution in [0.5, 0.6) is 5.75 Å². The molecule has 2 rings (SSSR count). The van der Waals surface area contributed by atoms with Gasteiger partial charge in [0.25, 0.3) is 0 Å². The van der Waals surface area contributed by atoms with Gasteiger partial charge < -0.3 is 10.2 Å². The Morgan fingerprint density at radius 2 is 2.00 bits per heavy atom. The summed E-state index contributed by atoms with van der Waals surface area (Å²) >= 11 is 3.32. The van der Waals surface area contributed by atoms with Crippen molar-refractivity contribution in [3.05, 3.63) is 58.3 Å². The first-order chi connectivity index (χ1) is 11.5. The normalized spacial score (nSPS) is 11.7. The number of Topliss-reactive ketones (excluding diaryl/α,β-unsaturated/α-hetero) is 1. The van der Waals surface area contributed by atoms with E-state index < -0.39 is 6.04 Å². The van der Waals surface area contributed by atoms with Crippen LogP contribution in [0.3, 0.4) is 0 Å². The van der Waals surface area contributed by atoms with Crippen molar-refractivity contribution < 1.29 is 13.9 Å². The third kappa shape index (κ3) is 4.10. The lowest BCUT2D eigenvalue weighted by molar-refractivity contribution is 0.0914. The fourth-order valence-electron chi connectivity index (χ4n) is 2.08. The zero-order valence-electron chi connectivity index (χ0n) is 13.1. The summed E-state index contributed by atoms with van der Waals surface area (Å²) in [6, 6.07) is 11.5. The lowest BCUT2D eigenvalue weighted by Gasteiger charge is -2.23. The molecule has 0 fully saturated rings. The molecule has 0 aliphatic rings. The van der Waals surface area contributed by atoms with Crippen LogP contribution in [0.15, 0.2) is 46.9 Å². The van der Waals surface area contributed by atoms with Crippen molar-refractivity contribution in [1.82, 2.24) is 5.01 Å². The maximum Gasteiger partial charge on any atom is 0.197 e. The quantitative estimate of drug-likeness (QED) is 0.601. The van der Waals surface area contributed by atoms with Gasteiger partial charge in [-0.05, 0) is 42.5 Å². The predicted molar refractivity (Wildman–Crippen MR) is 92.2 cm³/mol. The van der Waals surface area contributed by atoms with Crippen LogP contribution in [0.2, 0.25) is 0 Å². The van der Waals surface area contributed by atoms with Gasteiger partial charge in [-0.2, -0.15) is 5.26 Å². The molecule has 0 heterocycles. The number of anilines is 1. The number of halogens is 2. The van der Waals surface area contributed by atoms with Crippen LogP contribution in [0.1, 0.15) is 10.4 Å². The molecule has 24 heavy (non-hydrogen) atoms. The highest BCUT2D eigenvalue weighted by Gasteiger charge is 2.26. The first-order valence-corrected chi connectivity index (χ1v) is 7.78. The van der Waals surface area contributed by atoms with E-state index in [9.17, 15) is 14.4 Å². The molecule has 0 spiro atoms. The number of ketones is 1. The highest BCUT2D eigenvalue weighted by molar-refractivity contribution is 9.10. The lowest BCUT2D eigenvalue weighted by atomic mass is 10.0. The summed E-state index contributed by atoms with van der Waals surface area (Å²) < 4.78 is 18.6. The number of hydrogen-bond acceptors (Lipinski definition) is 5. The molecule has 0 bridgehead atoms. The topological polar surface area (TPSA) is 65.4 Å². The Kier molecular flexibility index (Phi) is 5.90. The molecule has 0 aliphatic carbocycles. The summed E-state index contributed by atoms with van der Waals surface area (Å²) in [6.45, 7) is 0. The van der Waals surface area contributed by atoms with Crippen molar-refractivity contribution in [3.63, 3.8) is 0 Å². The van der Waals surface area contributed by atoms with Crippen LogP contribution in [-0.2, 0) is 0 Å². The Morgan fingerprint density at radius 3 is 2.58 bits per heavy atom. The molecule has 2 aromatic rings. The van der Waals surface area contributed by atoms with Crippen molar-refractivity contribution in [1.29, 1.82) is 5.26 Å². The van der Waals surface area contributed by atoms with E-state index in [0.717, 1.165) is 0 Å². The number of nitrogens with one attached hydrogen (secondary N) is 1. The zero-order chi connectivity index (χ0) is 17.7. The Labute approximate surface area is 147 Å². The number of methoxy groups -OCH3 is 1. The minimum atomic E-state index is -1.07. The Balaban J connectivity index is 2.22. The number of carbonyl (C=O) groups is 1. The van der Waals surface area contributed by atoms with Gasteiger partial charge in [-0.3, -0.25) is 4.79 Å². The smallest absolute Gasteiger partial charge is 0.197 e. The second-order valence-electron chi connectivity index (χ2n) is 4.97. The van der Waals surface area contributed by atoms with Crippen LogP contribution >= 0.6 is 15.9 Å². The van der Waals surface area contributed by atoms with Crippen molar-refractivity contribution in [2.24, 2.45) is 0 Å². The van der Waals surface area contributed by atoms with Gasteiger partial charge in [-0.25, -0.2) is 9.40 Å². The third-order valence-corrected chi connectivity index (χ3v) is 4.04. The summed E-state index contributed by atoms with van der Waals surface area (Å²) in [7, 11) is 3.07. The SMILES string of the molecule is COc1ccc(Br)c(C(=O)C(C#N)N(C)Nc2ccc(F)cc2)c1. The predicted octanol–water partition coefficient (Wildman–Crippen LogP) is 3.63. The van der Waals surface area contributed by atoms with Crippen LogP contribution in [-0.4, -0.2) is 31.0 Å². The molecule has 0 amide bonds. The van der Waals surface area contributed by atoms with Crippen molar-refractivity contribution in [2.75, 3.05) is 19.6 Å². The largest absolute Gasteiger partial charge is 0.497 e. The summed E-state index contributed by atoms with van der Waals surface area (Å²) in [5, 5.41) is 10.8. The van der Waals surface area contributed by atoms with Gasteiger partial charge in [0, 0.05) is 22.8 Å². The Bertz CT molecular complexity index is 774. The number of hydrazine groups is 1. The number of likely N-dealkylation sites (N-methyl/N-ethyl adjacent to an activating group) is 1. The maximum atomic E-state index is 12.9. The molecule has 0 aliphatic heterocycles. The molecule has 1 atom stereocenters. The van der Waals surface area contributed by atoms with Crippen LogP contribution in [0, 0.1) is 17.1 Å². The lowest BCUT2D eigenvalue weighted by Crippen LogP contribution is -2.41. The number of benzene rings is 2. The average molecular weight is 392 g/mol. The van der Waals surface area contributed by atoms with E-state index in [1.165, 1.54) is 36.4 Å². The third-order valence-electron chi connectivity index (χ3n) is 3.35. The summed E-state index contributed by atoms with van der Waals surface area (Å²) in [6.07, 6.45) is 0. The fourth-order valence-corrected chi connectivity index (χ4v) is 2.52. The standard InChI is InChI=1S/C17H15BrFN3O2/c1-22(21-12-5-3-11(19)4-6-12)16(10-20)17(23)14-9-13(24-2)7-8-15(14)18/h3-9,16,21H,1-2H3. The minimum absolute atomic E-state index is 0.341. The van der Waals surface area contributed by atoms with Gasteiger partial charge in [-0.1, -0.05) is 15.9 Å². The first kappa shape index (κ1) is 17.9. The van der Waals surface area contributed by atoms with E-state index >= 15 is 0 Å². The fraction of sp³-hybridized carbons (Fsp3) is 0.176. The Hall–Kier alpha value is -2.43. The summed E-state index contributed by atoms with van der Waals surface area (Å²) in [4.78, 5) is 12.7. The van der Waals surface area contributed by atoms with Crippen LogP contribution in [0.25, 0.3) is 0 Å². The second-order valence-corrected chi connectivity index (χ2v) is 5.83. The number of ether oxygens (including phenoxy) is 1. The van der Waals surface area contributed by atoms with Crippen molar-refractivity contribution in [2.45, 2.75) is 6.04 Å². The maximum absolute atomic E-state index is 12.9. The molecular weight excluding hydrogens is 377 g/mol. The van der Waals surface area contributed by atoms with Crippen LogP contribution in [0.4, 0.5) is 10.1 Å². The van der Waals surface area contributed by atoms with E-state index in [4.69, 9.17) is 4.74 Å². The minimum Gasteiger partial charge on any atom is -0.497 e. The highest BCUT2D eigenvalue weighted by Crippen LogP contribution is 2.24. The van der Waals surface area contributed by atoms with Gasteiger partial charge in [0.15, 0.2) is 11.8 Å². The molecule has 1 unspecified atom stereocenters. The molecule has 0 aromatic heterocycles. The molecular formula is C17H15BrFN3O2. The molecule has 0 saturated carbocycles. The van der Waals surface area contributed by atoms with E-state index in [1.807, 2.05) is 6.07 Å². The molecule has 0 saturated heterocycles. The van der Waals surface area contributed by atoms with E-state index in [2.05, 4.69) is 21.4 Å². The van der Waals surface area contributed by atoms with Gasteiger partial charge in [0.1, 0.15) is 11.6 Å². The molecule has 7 heteroatoms. The van der Waals surface area contributed by atoms with Gasteiger partial charge in [0.05, 0.1) is 13.2 Å². The number of nitrogens with zero attached hydrogens (tertiary/aromatic N) is 2. The molecule has 0 radical (unpaired) electrons. The monoisotopic (exact) mass is 391 g/mol. The number of carbonyl (C=O) groups excluding carboxylic acids is 1. The van der Waals surface area contributed by atoms with E-state index in [0.29, 0.717) is 21.5 Å². The average Bonchev–Trinajstić information content (AvgIpc) is 2.58. The van der Waals surface area contributed by atoms with Crippen molar-refractivity contribution in [3.8, 4) is 11.8 Å². The van der Waals surface area contributed by atoms with Gasteiger partial charge in [0.2, 0.25) is 0 Å². The molecule has 124 valence electrons. The number of nitriles is 1. The Morgan fingerprint density at radius 1 is 1.33 bits per heavy atom. The first-order valence-electron chi connectivity index (χ1n) is 6.98.